The van der Waals surface area contributed by atoms with Crippen LogP contribution in [-0.4, -0.2) is 19.8 Å². The summed E-state index contributed by atoms with van der Waals surface area (Å²) >= 11 is 0. The van der Waals surface area contributed by atoms with Gasteiger partial charge in [-0.3, -0.25) is 0 Å². The lowest BCUT2D eigenvalue weighted by molar-refractivity contribution is 0.117. The molecule has 18 heavy (non-hydrogen) atoms. The summed E-state index contributed by atoms with van der Waals surface area (Å²) < 4.78 is 11.4. The number of likely N-dealkylation sites (N-methyl/N-ethyl adjacent to an activating group) is 1. The molecule has 0 aliphatic heterocycles. The third kappa shape index (κ3) is 2.92. The summed E-state index contributed by atoms with van der Waals surface area (Å²) in [5.74, 6) is 0.950. The number of hydrogen-bond donors (Lipinski definition) is 1. The summed E-state index contributed by atoms with van der Waals surface area (Å²) in [5.41, 5.74) is 2.19. The first-order valence-corrected chi connectivity index (χ1v) is 6.55. The highest BCUT2D eigenvalue weighted by atomic mass is 16.5. The first-order chi connectivity index (χ1) is 8.74. The predicted octanol–water partition coefficient (Wildman–Crippen LogP) is 3.43. The summed E-state index contributed by atoms with van der Waals surface area (Å²) in [6.45, 7) is 8.45. The molecule has 0 aliphatic rings. The van der Waals surface area contributed by atoms with E-state index in [1.807, 2.05) is 13.0 Å². The molecule has 0 saturated heterocycles. The van der Waals surface area contributed by atoms with Gasteiger partial charge in [-0.15, -0.1) is 0 Å². The summed E-state index contributed by atoms with van der Waals surface area (Å²) in [6, 6.07) is 8.47. The number of ether oxygens (including phenoxy) is 1. The van der Waals surface area contributed by atoms with Gasteiger partial charge in [-0.2, -0.15) is 0 Å². The van der Waals surface area contributed by atoms with Crippen LogP contribution < -0.4 is 5.32 Å². The van der Waals surface area contributed by atoms with Crippen molar-refractivity contribution in [2.75, 3.05) is 19.8 Å². The second-order valence-electron chi connectivity index (χ2n) is 4.46. The van der Waals surface area contributed by atoms with Gasteiger partial charge in [0.05, 0.1) is 12.6 Å². The van der Waals surface area contributed by atoms with Crippen LogP contribution in [-0.2, 0) is 4.74 Å². The van der Waals surface area contributed by atoms with E-state index in [0.717, 1.165) is 29.9 Å². The molecule has 0 radical (unpaired) electrons. The third-order valence-corrected chi connectivity index (χ3v) is 2.97. The van der Waals surface area contributed by atoms with Crippen LogP contribution in [0, 0.1) is 6.92 Å². The lowest BCUT2D eigenvalue weighted by Gasteiger charge is -2.14. The van der Waals surface area contributed by atoms with Gasteiger partial charge >= 0.3 is 0 Å². The number of hydrogen-bond acceptors (Lipinski definition) is 3. The van der Waals surface area contributed by atoms with Crippen LogP contribution in [0.2, 0.25) is 0 Å². The van der Waals surface area contributed by atoms with E-state index in [1.54, 1.807) is 0 Å². The Kier molecular flexibility index (Phi) is 4.39. The molecule has 3 nitrogen and oxygen atoms in total. The van der Waals surface area contributed by atoms with Crippen LogP contribution in [0.25, 0.3) is 11.0 Å². The maximum atomic E-state index is 5.89. The second kappa shape index (κ2) is 6.03. The van der Waals surface area contributed by atoms with Gasteiger partial charge in [0, 0.05) is 12.0 Å². The van der Waals surface area contributed by atoms with Gasteiger partial charge in [0.15, 0.2) is 0 Å². The standard InChI is InChI=1S/C15H21NO2/c1-4-16-13(10-17-5-2)15-9-12-8-11(3)6-7-14(12)18-15/h6-9,13,16H,4-5,10H2,1-3H3. The Hall–Kier alpha value is -1.32. The van der Waals surface area contributed by atoms with Crippen LogP contribution in [0.4, 0.5) is 0 Å². The maximum absolute atomic E-state index is 5.89. The van der Waals surface area contributed by atoms with Crippen molar-refractivity contribution in [3.05, 3.63) is 35.6 Å². The van der Waals surface area contributed by atoms with Gasteiger partial charge in [0.25, 0.3) is 0 Å². The molecule has 0 fully saturated rings. The minimum Gasteiger partial charge on any atom is -0.459 e. The van der Waals surface area contributed by atoms with E-state index in [2.05, 4.69) is 37.4 Å². The smallest absolute Gasteiger partial charge is 0.134 e. The monoisotopic (exact) mass is 247 g/mol. The van der Waals surface area contributed by atoms with Gasteiger partial charge in [-0.05, 0) is 38.6 Å². The summed E-state index contributed by atoms with van der Waals surface area (Å²) in [4.78, 5) is 0. The quantitative estimate of drug-likeness (QED) is 0.849. The van der Waals surface area contributed by atoms with E-state index in [9.17, 15) is 0 Å². The summed E-state index contributed by atoms with van der Waals surface area (Å²) in [7, 11) is 0. The van der Waals surface area contributed by atoms with Crippen LogP contribution in [0.1, 0.15) is 31.2 Å². The molecule has 1 heterocycles. The zero-order valence-electron chi connectivity index (χ0n) is 11.3. The van der Waals surface area contributed by atoms with Crippen molar-refractivity contribution in [3.8, 4) is 0 Å². The van der Waals surface area contributed by atoms with Crippen LogP contribution in [0.15, 0.2) is 28.7 Å². The van der Waals surface area contributed by atoms with E-state index >= 15 is 0 Å². The fraction of sp³-hybridized carbons (Fsp3) is 0.467. The van der Waals surface area contributed by atoms with Gasteiger partial charge < -0.3 is 14.5 Å². The SMILES string of the molecule is CCNC(COCC)c1cc2cc(C)ccc2o1. The summed E-state index contributed by atoms with van der Waals surface area (Å²) in [5, 5.41) is 4.55. The Morgan fingerprint density at radius 2 is 2.11 bits per heavy atom. The third-order valence-electron chi connectivity index (χ3n) is 2.97. The van der Waals surface area contributed by atoms with Crippen molar-refractivity contribution >= 4 is 11.0 Å². The number of benzene rings is 1. The maximum Gasteiger partial charge on any atom is 0.134 e. The minimum absolute atomic E-state index is 0.127. The lowest BCUT2D eigenvalue weighted by Crippen LogP contribution is -2.24. The van der Waals surface area contributed by atoms with E-state index in [-0.39, 0.29) is 6.04 Å². The van der Waals surface area contributed by atoms with E-state index in [4.69, 9.17) is 9.15 Å². The number of nitrogens with one attached hydrogen (secondary N) is 1. The van der Waals surface area contributed by atoms with Crippen molar-refractivity contribution in [1.82, 2.24) is 5.32 Å². The van der Waals surface area contributed by atoms with Crippen molar-refractivity contribution in [2.24, 2.45) is 0 Å². The van der Waals surface area contributed by atoms with Crippen LogP contribution in [0.3, 0.4) is 0 Å². The Morgan fingerprint density at radius 1 is 1.28 bits per heavy atom. The van der Waals surface area contributed by atoms with E-state index in [1.165, 1.54) is 5.56 Å². The highest BCUT2D eigenvalue weighted by Crippen LogP contribution is 2.25. The molecule has 0 saturated carbocycles. The van der Waals surface area contributed by atoms with Crippen LogP contribution >= 0.6 is 0 Å². The number of aryl methyl sites for hydroxylation is 1. The molecule has 2 aromatic rings. The van der Waals surface area contributed by atoms with Gasteiger partial charge in [0.2, 0.25) is 0 Å². The molecule has 98 valence electrons. The predicted molar refractivity (Wildman–Crippen MR) is 73.9 cm³/mol. The highest BCUT2D eigenvalue weighted by Gasteiger charge is 2.15. The molecule has 0 aliphatic carbocycles. The molecule has 1 N–H and O–H groups in total. The van der Waals surface area contributed by atoms with Crippen molar-refractivity contribution < 1.29 is 9.15 Å². The topological polar surface area (TPSA) is 34.4 Å². The fourth-order valence-electron chi connectivity index (χ4n) is 2.08. The molecule has 2 rings (SSSR count). The van der Waals surface area contributed by atoms with Gasteiger partial charge in [-0.25, -0.2) is 0 Å². The summed E-state index contributed by atoms with van der Waals surface area (Å²) in [6.07, 6.45) is 0. The molecule has 3 heteroatoms. The Labute approximate surface area is 108 Å². The Bertz CT molecular complexity index is 504. The van der Waals surface area contributed by atoms with Crippen LogP contribution in [0.5, 0.6) is 0 Å². The highest BCUT2D eigenvalue weighted by molar-refractivity contribution is 5.78. The Balaban J connectivity index is 2.26. The van der Waals surface area contributed by atoms with Crippen molar-refractivity contribution in [1.29, 1.82) is 0 Å². The molecule has 0 spiro atoms. The normalized spacial score (nSPS) is 13.1. The molecule has 0 amide bonds. The first-order valence-electron chi connectivity index (χ1n) is 6.55. The molecular formula is C15H21NO2. The molecule has 1 atom stereocenters. The zero-order valence-corrected chi connectivity index (χ0v) is 11.3. The molecule has 0 bridgehead atoms. The average Bonchev–Trinajstić information content (AvgIpc) is 2.77. The van der Waals surface area contributed by atoms with Crippen molar-refractivity contribution in [2.45, 2.75) is 26.8 Å². The minimum atomic E-state index is 0.127. The van der Waals surface area contributed by atoms with E-state index in [0.29, 0.717) is 6.61 Å². The first kappa shape index (κ1) is 13.1. The number of fused-ring (bicyclic) bond motifs is 1. The number of furan rings is 1. The van der Waals surface area contributed by atoms with E-state index < -0.39 is 0 Å². The fourth-order valence-corrected chi connectivity index (χ4v) is 2.08. The molecule has 1 aromatic carbocycles. The largest absolute Gasteiger partial charge is 0.459 e. The molecule has 1 aromatic heterocycles. The van der Waals surface area contributed by atoms with Gasteiger partial charge in [0.1, 0.15) is 11.3 Å². The zero-order chi connectivity index (χ0) is 13.0. The van der Waals surface area contributed by atoms with Gasteiger partial charge in [-0.1, -0.05) is 18.6 Å². The average molecular weight is 247 g/mol. The lowest BCUT2D eigenvalue weighted by atomic mass is 10.1. The molecular weight excluding hydrogens is 226 g/mol. The number of rotatable bonds is 6. The van der Waals surface area contributed by atoms with Crippen molar-refractivity contribution in [3.63, 3.8) is 0 Å². The molecule has 1 unspecified atom stereocenters. The Morgan fingerprint density at radius 3 is 2.83 bits per heavy atom. The second-order valence-corrected chi connectivity index (χ2v) is 4.46.